The minimum absolute atomic E-state index is 0.232. The lowest BCUT2D eigenvalue weighted by Crippen LogP contribution is -2.66. The van der Waals surface area contributed by atoms with E-state index in [0.29, 0.717) is 6.42 Å². The fraction of sp³-hybridized carbons (Fsp3) is 0.774. The second kappa shape index (κ2) is 63.4. The van der Waals surface area contributed by atoms with Crippen LogP contribution in [-0.2, 0) is 33.2 Å². The van der Waals surface area contributed by atoms with Crippen LogP contribution in [0.5, 0.6) is 0 Å². The van der Waals surface area contributed by atoms with Gasteiger partial charge in [-0.2, -0.15) is 0 Å². The van der Waals surface area contributed by atoms with Gasteiger partial charge in [0.2, 0.25) is 5.91 Å². The zero-order valence-corrected chi connectivity index (χ0v) is 63.5. The molecule has 3 saturated heterocycles. The first-order valence-electron chi connectivity index (χ1n) is 40.6. The van der Waals surface area contributed by atoms with Crippen molar-refractivity contribution in [3.8, 4) is 0 Å². The fourth-order valence-corrected chi connectivity index (χ4v) is 13.1. The average Bonchev–Trinajstić information content (AvgIpc) is 0.781. The highest BCUT2D eigenvalue weighted by Gasteiger charge is 2.54. The topological polar surface area (TPSA) is 307 Å². The van der Waals surface area contributed by atoms with E-state index in [2.05, 4.69) is 116 Å². The molecule has 0 aromatic carbocycles. The van der Waals surface area contributed by atoms with Crippen LogP contribution in [0.3, 0.4) is 0 Å². The minimum atomic E-state index is -1.98. The molecule has 0 radical (unpaired) electrons. The number of aliphatic hydroxyl groups is 11. The first-order valence-corrected chi connectivity index (χ1v) is 40.6. The molecule has 0 aliphatic carbocycles. The van der Waals surface area contributed by atoms with Crippen molar-refractivity contribution >= 4 is 5.91 Å². The molecule has 1 amide bonds. The summed E-state index contributed by atoms with van der Waals surface area (Å²) in [6.07, 6.45) is 60.6. The van der Waals surface area contributed by atoms with Crippen molar-refractivity contribution < 1.29 is 89.4 Å². The van der Waals surface area contributed by atoms with Crippen molar-refractivity contribution in [3.05, 3.63) is 109 Å². The van der Waals surface area contributed by atoms with E-state index in [1.54, 1.807) is 6.08 Å². The van der Waals surface area contributed by atoms with Gasteiger partial charge in [-0.3, -0.25) is 4.79 Å². The second-order valence-electron chi connectivity index (χ2n) is 28.5. The number of ether oxygens (including phenoxy) is 6. The monoisotopic (exact) mass is 1460 g/mol. The summed E-state index contributed by atoms with van der Waals surface area (Å²) in [5.41, 5.74) is 0. The molecule has 3 heterocycles. The second-order valence-corrected chi connectivity index (χ2v) is 28.5. The normalized spacial score (nSPS) is 26.6. The van der Waals surface area contributed by atoms with Crippen LogP contribution >= 0.6 is 0 Å². The molecule has 19 nitrogen and oxygen atoms in total. The highest BCUT2D eigenvalue weighted by Crippen LogP contribution is 2.33. The Hall–Kier alpha value is -3.55. The Balaban J connectivity index is 1.37. The minimum Gasteiger partial charge on any atom is -0.394 e. The van der Waals surface area contributed by atoms with E-state index < -0.39 is 124 Å². The van der Waals surface area contributed by atoms with Gasteiger partial charge >= 0.3 is 0 Å². The van der Waals surface area contributed by atoms with Gasteiger partial charge in [0.15, 0.2) is 18.9 Å². The molecule has 17 unspecified atom stereocenters. The molecule has 12 N–H and O–H groups in total. The first kappa shape index (κ1) is 93.7. The lowest BCUT2D eigenvalue weighted by Gasteiger charge is -2.48. The average molecular weight is 1460 g/mol. The molecule has 3 fully saturated rings. The molecule has 0 spiro atoms. The molecule has 0 saturated carbocycles. The van der Waals surface area contributed by atoms with Crippen molar-refractivity contribution in [1.29, 1.82) is 0 Å². The summed E-state index contributed by atoms with van der Waals surface area (Å²) in [7, 11) is 0. The van der Waals surface area contributed by atoms with Gasteiger partial charge in [0, 0.05) is 6.42 Å². The van der Waals surface area contributed by atoms with Gasteiger partial charge < -0.3 is 89.9 Å². The van der Waals surface area contributed by atoms with Crippen LogP contribution in [0, 0.1) is 0 Å². The van der Waals surface area contributed by atoms with E-state index >= 15 is 0 Å². The number of hydrogen-bond donors (Lipinski definition) is 12. The lowest BCUT2D eigenvalue weighted by molar-refractivity contribution is -0.379. The van der Waals surface area contributed by atoms with Gasteiger partial charge in [-0.05, 0) is 83.5 Å². The van der Waals surface area contributed by atoms with E-state index in [9.17, 15) is 61.0 Å². The quantitative estimate of drug-likeness (QED) is 0.0199. The van der Waals surface area contributed by atoms with Gasteiger partial charge in [0.05, 0.1) is 38.6 Å². The SMILES string of the molecule is CC/C=C\C/C=C\C/C=C\C/C=C\C/C=C\C/C=C\C/C=C\C/C=C\CCCCCCCCCCCCC(=O)NC(COC1OC(CO)C(OC2OC(CO)C(OC3OC(CO)C(O)C(O)C3O)C(O)C2O)C(O)C1O)C(O)/C=C/CCCCCCCCCCCCCCCCCCCCCCC. The number of aliphatic hydroxyl groups excluding tert-OH is 11. The third kappa shape index (κ3) is 43.3. The molecule has 103 heavy (non-hydrogen) atoms. The molecule has 3 aliphatic heterocycles. The zero-order valence-electron chi connectivity index (χ0n) is 63.5. The van der Waals surface area contributed by atoms with E-state index in [1.807, 2.05) is 6.08 Å². The van der Waals surface area contributed by atoms with Gasteiger partial charge in [-0.15, -0.1) is 0 Å². The summed E-state index contributed by atoms with van der Waals surface area (Å²) in [4.78, 5) is 13.5. The largest absolute Gasteiger partial charge is 0.394 e. The fourth-order valence-electron chi connectivity index (χ4n) is 13.1. The van der Waals surface area contributed by atoms with Crippen LogP contribution in [0.1, 0.15) is 284 Å². The Labute approximate surface area is 621 Å². The number of unbranched alkanes of at least 4 members (excludes halogenated alkanes) is 31. The van der Waals surface area contributed by atoms with Gasteiger partial charge in [-0.25, -0.2) is 0 Å². The predicted octanol–water partition coefficient (Wildman–Crippen LogP) is 13.7. The van der Waals surface area contributed by atoms with Crippen LogP contribution in [0.2, 0.25) is 0 Å². The van der Waals surface area contributed by atoms with Crippen LogP contribution in [0.4, 0.5) is 0 Å². The van der Waals surface area contributed by atoms with E-state index in [4.69, 9.17) is 28.4 Å². The number of carbonyl (C=O) groups excluding carboxylic acids is 1. The third-order valence-electron chi connectivity index (χ3n) is 19.6. The smallest absolute Gasteiger partial charge is 0.220 e. The predicted molar refractivity (Wildman–Crippen MR) is 410 cm³/mol. The van der Waals surface area contributed by atoms with Crippen LogP contribution in [-0.4, -0.2) is 193 Å². The summed E-state index contributed by atoms with van der Waals surface area (Å²) in [5, 5.41) is 121. The Morgan fingerprint density at radius 1 is 0.359 bits per heavy atom. The van der Waals surface area contributed by atoms with Crippen molar-refractivity contribution in [2.24, 2.45) is 0 Å². The van der Waals surface area contributed by atoms with Crippen molar-refractivity contribution in [2.75, 3.05) is 26.4 Å². The van der Waals surface area contributed by atoms with E-state index in [-0.39, 0.29) is 18.9 Å². The maximum Gasteiger partial charge on any atom is 0.220 e. The maximum atomic E-state index is 13.5. The Bertz CT molecular complexity index is 2290. The van der Waals surface area contributed by atoms with Crippen molar-refractivity contribution in [2.45, 2.75) is 388 Å². The van der Waals surface area contributed by atoms with Gasteiger partial charge in [0.1, 0.15) is 73.2 Å². The van der Waals surface area contributed by atoms with Gasteiger partial charge in [0.25, 0.3) is 0 Å². The van der Waals surface area contributed by atoms with Crippen molar-refractivity contribution in [3.63, 3.8) is 0 Å². The number of carbonyl (C=O) groups is 1. The molecular formula is C84H145NO18. The molecule has 3 aliphatic rings. The molecular weight excluding hydrogens is 1310 g/mol. The number of hydrogen-bond acceptors (Lipinski definition) is 18. The Morgan fingerprint density at radius 3 is 1.05 bits per heavy atom. The van der Waals surface area contributed by atoms with Crippen LogP contribution < -0.4 is 5.32 Å². The molecule has 17 atom stereocenters. The van der Waals surface area contributed by atoms with Crippen LogP contribution in [0.15, 0.2) is 109 Å². The van der Waals surface area contributed by atoms with Crippen LogP contribution in [0.25, 0.3) is 0 Å². The molecule has 0 aromatic heterocycles. The summed E-state index contributed by atoms with van der Waals surface area (Å²) in [5.74, 6) is -0.282. The third-order valence-corrected chi connectivity index (χ3v) is 19.6. The zero-order chi connectivity index (χ0) is 74.6. The number of allylic oxidation sites excluding steroid dienone is 17. The summed E-state index contributed by atoms with van der Waals surface area (Å²) in [6, 6.07) is -0.984. The number of nitrogens with one attached hydrogen (secondary N) is 1. The molecule has 0 bridgehead atoms. The highest BCUT2D eigenvalue weighted by molar-refractivity contribution is 5.76. The van der Waals surface area contributed by atoms with Crippen molar-refractivity contribution in [1.82, 2.24) is 5.32 Å². The lowest BCUT2D eigenvalue weighted by atomic mass is 9.96. The molecule has 594 valence electrons. The first-order chi connectivity index (χ1) is 50.3. The highest BCUT2D eigenvalue weighted by atomic mass is 16.8. The number of rotatable bonds is 63. The molecule has 19 heteroatoms. The number of amides is 1. The molecule has 0 aromatic rings. The Morgan fingerprint density at radius 2 is 0.670 bits per heavy atom. The van der Waals surface area contributed by atoms with Gasteiger partial charge in [-0.1, -0.05) is 303 Å². The van der Waals surface area contributed by atoms with E-state index in [1.165, 1.54) is 148 Å². The summed E-state index contributed by atoms with van der Waals surface area (Å²) in [6.45, 7) is 1.64. The molecule has 3 rings (SSSR count). The summed E-state index contributed by atoms with van der Waals surface area (Å²) >= 11 is 0. The Kier molecular flexibility index (Phi) is 57.6. The van der Waals surface area contributed by atoms with E-state index in [0.717, 1.165) is 109 Å². The standard InChI is InChI=1S/C84H145NO18/c1-3-5-7-9-11-13-15-17-19-21-23-25-27-28-29-30-31-32-33-34-35-36-37-38-40-42-44-46-48-50-52-54-56-58-60-62-72(90)85-67(68(89)61-59-57-55-53-51-49-47-45-43-41-39-26-24-22-20-18-16-14-12-10-8-6-4-2)66-98-82-78(96)75(93)80(70(64-87)100-82)103-84-79(97)76(94)81(71(65-88)101-84)102-83-77(95)74(92)73(91)69(63-86)99-83/h5,7,11,13,17,19,23,25,28-29,31-32,34-35,37-38,59,61,67-71,73-84,86-89,91-97H,3-4,6,8-10,12,14-16,18,20-22,24,26-27,30,33,36,39-58,60,62-66H2,1-2H3,(H,85,90)/b7-5-,13-11-,19-17-,25-23-,29-28-,32-31-,35-34-,38-37-,61-59+. The summed E-state index contributed by atoms with van der Waals surface area (Å²) < 4.78 is 34.5. The maximum absolute atomic E-state index is 13.5.